The zero-order valence-electron chi connectivity index (χ0n) is 13.0. The van der Waals surface area contributed by atoms with Crippen LogP contribution in [0.5, 0.6) is 11.5 Å². The van der Waals surface area contributed by atoms with Crippen LogP contribution in [0.15, 0.2) is 78.9 Å². The third kappa shape index (κ3) is 2.95. The van der Waals surface area contributed by atoms with Crippen LogP contribution in [-0.4, -0.2) is 18.3 Å². The Hall–Kier alpha value is -1.25. The van der Waals surface area contributed by atoms with E-state index in [1.807, 2.05) is 0 Å². The van der Waals surface area contributed by atoms with Crippen LogP contribution in [0.4, 0.5) is 0 Å². The summed E-state index contributed by atoms with van der Waals surface area (Å²) in [5.74, 6) is 2.35. The van der Waals surface area contributed by atoms with Crippen LogP contribution in [0.1, 0.15) is 5.56 Å². The van der Waals surface area contributed by atoms with Crippen LogP contribution in [0, 0.1) is 0 Å². The molecular weight excluding hydrogens is 458 g/mol. The number of para-hydroxylation sites is 2. The van der Waals surface area contributed by atoms with Gasteiger partial charge in [0.15, 0.2) is 0 Å². The van der Waals surface area contributed by atoms with Crippen molar-refractivity contribution in [1.29, 1.82) is 0 Å². The molecule has 0 amide bonds. The molecule has 0 fully saturated rings. The molecule has 0 bridgehead atoms. The normalized spacial score (nSPS) is 14.0. The Morgan fingerprint density at radius 3 is 1.74 bits per heavy atom. The van der Waals surface area contributed by atoms with E-state index in [2.05, 4.69) is 84.6 Å². The van der Waals surface area contributed by atoms with E-state index in [0.29, 0.717) is 0 Å². The summed E-state index contributed by atoms with van der Waals surface area (Å²) >= 11 is -2.23. The molecule has 4 rings (SSSR count). The summed E-state index contributed by atoms with van der Waals surface area (Å²) in [6.45, 7) is 0. The van der Waals surface area contributed by atoms with Gasteiger partial charge < -0.3 is 24.0 Å². The van der Waals surface area contributed by atoms with Crippen LogP contribution >= 0.6 is 0 Å². The van der Waals surface area contributed by atoms with Gasteiger partial charge in [-0.25, -0.2) is 0 Å². The number of hydrogen-bond acceptors (Lipinski definition) is 0. The molecule has 0 saturated carbocycles. The second kappa shape index (κ2) is 6.70. The van der Waals surface area contributed by atoms with Crippen molar-refractivity contribution in [2.75, 3.05) is 0 Å². The number of aromatic hydroxyl groups is 2. The average Bonchev–Trinajstić information content (AvgIpc) is 2.56. The molecule has 0 saturated heterocycles. The Kier molecular flexibility index (Phi) is 4.84. The molecule has 23 heavy (non-hydrogen) atoms. The summed E-state index contributed by atoms with van der Waals surface area (Å²) in [5.41, 5.74) is 3.95. The zero-order valence-corrected chi connectivity index (χ0v) is 17.0. The minimum Gasteiger partial charge on any atom is -1.00 e. The van der Waals surface area contributed by atoms with Crippen molar-refractivity contribution >= 4 is 22.3 Å². The summed E-state index contributed by atoms with van der Waals surface area (Å²) in [4.78, 5) is 0. The van der Waals surface area contributed by atoms with Crippen LogP contribution in [0.25, 0.3) is 0 Å². The average molecular weight is 477 g/mol. The van der Waals surface area contributed by atoms with E-state index < -0.39 is 13.6 Å². The first kappa shape index (κ1) is 16.6. The molecule has 1 aliphatic rings. The van der Waals surface area contributed by atoms with Gasteiger partial charge in [0, 0.05) is 0 Å². The molecule has 3 heteroatoms. The van der Waals surface area contributed by atoms with Gasteiger partial charge in [0.1, 0.15) is 0 Å². The van der Waals surface area contributed by atoms with Crippen molar-refractivity contribution in [2.45, 2.75) is 10.9 Å². The molecule has 1 heterocycles. The van der Waals surface area contributed by atoms with Gasteiger partial charge in [0.05, 0.1) is 0 Å². The Labute approximate surface area is 157 Å². The standard InChI is InChI=1S/C20H18AsO.HI/c1-21(15-16-9-3-2-4-10-16)17-11-5-7-13-19(17)22-20-14-8-6-12-18(20)21;/h2-14H,15H2,1H3;1H. The van der Waals surface area contributed by atoms with Gasteiger partial charge in [-0.15, -0.1) is 0 Å². The number of benzene rings is 3. The van der Waals surface area contributed by atoms with Gasteiger partial charge in [-0.3, -0.25) is 0 Å². The largest absolute Gasteiger partial charge is 1.00 e. The second-order valence-corrected chi connectivity index (χ2v) is 13.6. The van der Waals surface area contributed by atoms with Crippen LogP contribution < -0.4 is 32.7 Å². The first-order chi connectivity index (χ1) is 10.8. The van der Waals surface area contributed by atoms with Crippen LogP contribution in [0.3, 0.4) is 0 Å². The van der Waals surface area contributed by atoms with Crippen LogP contribution in [0.2, 0.25) is 5.71 Å². The van der Waals surface area contributed by atoms with Gasteiger partial charge in [-0.2, -0.15) is 0 Å². The minimum absolute atomic E-state index is 0. The Morgan fingerprint density at radius 2 is 1.17 bits per heavy atom. The summed E-state index contributed by atoms with van der Waals surface area (Å²) in [6, 6.07) is 28.3. The topological polar surface area (TPSA) is 12.8 Å². The first-order valence-electron chi connectivity index (χ1n) is 7.58. The predicted octanol–water partition coefficient (Wildman–Crippen LogP) is 0.633. The van der Waals surface area contributed by atoms with E-state index in [9.17, 15) is 0 Å². The van der Waals surface area contributed by atoms with Gasteiger partial charge in [0.25, 0.3) is 0 Å². The number of rotatable bonds is 2. The number of fused-ring (bicyclic) bond motifs is 2. The fourth-order valence-corrected chi connectivity index (χ4v) is 11.0. The van der Waals surface area contributed by atoms with E-state index in [0.717, 1.165) is 5.21 Å². The predicted molar refractivity (Wildman–Crippen MR) is 95.0 cm³/mol. The molecule has 0 aliphatic carbocycles. The quantitative estimate of drug-likeness (QED) is 0.292. The molecule has 117 valence electrons. The summed E-state index contributed by atoms with van der Waals surface area (Å²) in [6.07, 6.45) is 0. The third-order valence-electron chi connectivity index (χ3n) is 4.41. The number of ether oxygens (including phenoxy) is 1. The molecule has 3 aromatic rings. The molecular formula is C20H19AsIO. The van der Waals surface area contributed by atoms with Gasteiger partial charge in [-0.1, -0.05) is 0 Å². The van der Waals surface area contributed by atoms with Crippen molar-refractivity contribution in [3.8, 4) is 11.5 Å². The molecule has 0 atom stereocenters. The first-order valence-corrected chi connectivity index (χ1v) is 12.7. The SMILES string of the molecule is C[As]1(Cc2ccccc2)c2ccccc2[OH+]c2ccccc21.[I-]. The molecule has 3 aromatic carbocycles. The van der Waals surface area contributed by atoms with Crippen molar-refractivity contribution in [3.63, 3.8) is 0 Å². The Bertz CT molecular complexity index is 771. The van der Waals surface area contributed by atoms with E-state index in [4.69, 9.17) is 4.74 Å². The van der Waals surface area contributed by atoms with Crippen molar-refractivity contribution in [1.82, 2.24) is 0 Å². The van der Waals surface area contributed by atoms with Crippen molar-refractivity contribution < 1.29 is 28.7 Å². The number of halogens is 1. The molecule has 1 radical (unpaired) electrons. The summed E-state index contributed by atoms with van der Waals surface area (Å²) < 4.78 is 7.87. The fraction of sp³-hybridized carbons (Fsp3) is 0.100. The monoisotopic (exact) mass is 477 g/mol. The van der Waals surface area contributed by atoms with Gasteiger partial charge in [-0.05, 0) is 0 Å². The molecule has 0 aromatic heterocycles. The van der Waals surface area contributed by atoms with E-state index >= 15 is 0 Å². The Balaban J connectivity index is 0.00000156. The number of hydrogen-bond donors (Lipinski definition) is 0. The Morgan fingerprint density at radius 1 is 0.696 bits per heavy atom. The van der Waals surface area contributed by atoms with E-state index in [1.165, 1.54) is 25.8 Å². The fourth-order valence-electron chi connectivity index (χ4n) is 3.33. The maximum atomic E-state index is 4.89. The maximum absolute atomic E-state index is 4.89. The van der Waals surface area contributed by atoms with E-state index in [-0.39, 0.29) is 24.0 Å². The zero-order chi connectivity index (χ0) is 15.0. The van der Waals surface area contributed by atoms with E-state index in [1.54, 1.807) is 0 Å². The second-order valence-electron chi connectivity index (χ2n) is 5.92. The molecule has 0 spiro atoms. The van der Waals surface area contributed by atoms with Crippen molar-refractivity contribution in [3.05, 3.63) is 84.4 Å². The molecule has 1 N–H and O–H groups in total. The maximum Gasteiger partial charge on any atom is -1.00 e. The van der Waals surface area contributed by atoms with Crippen LogP contribution in [-0.2, 0) is 5.21 Å². The summed E-state index contributed by atoms with van der Waals surface area (Å²) in [7, 11) is 0. The van der Waals surface area contributed by atoms with Crippen molar-refractivity contribution in [2.24, 2.45) is 0 Å². The molecule has 0 unspecified atom stereocenters. The van der Waals surface area contributed by atoms with Gasteiger partial charge >= 0.3 is 134 Å². The van der Waals surface area contributed by atoms with Gasteiger partial charge in [0.2, 0.25) is 0 Å². The molecule has 1 nitrogen and oxygen atoms in total. The minimum atomic E-state index is -2.23. The molecule has 1 aliphatic heterocycles. The summed E-state index contributed by atoms with van der Waals surface area (Å²) in [5, 5.41) is 1.16. The smallest absolute Gasteiger partial charge is 1.00 e. The third-order valence-corrected chi connectivity index (χ3v) is 12.6.